The van der Waals surface area contributed by atoms with Crippen LogP contribution in [0.1, 0.15) is 52.1 Å². The minimum Gasteiger partial charge on any atom is -0.494 e. The van der Waals surface area contributed by atoms with Crippen LogP contribution < -0.4 is 10.1 Å². The molecule has 6 nitrogen and oxygen atoms in total. The molecule has 0 radical (unpaired) electrons. The summed E-state index contributed by atoms with van der Waals surface area (Å²) in [5.41, 5.74) is 3.49. The van der Waals surface area contributed by atoms with Crippen molar-refractivity contribution in [3.8, 4) is 5.75 Å². The Hall–Kier alpha value is -3.81. The summed E-state index contributed by atoms with van der Waals surface area (Å²) in [4.78, 5) is 28.7. The van der Waals surface area contributed by atoms with Gasteiger partial charge in [0.05, 0.1) is 6.61 Å². The maximum atomic E-state index is 13.8. The molecule has 0 aliphatic heterocycles. The fourth-order valence-corrected chi connectivity index (χ4v) is 4.31. The normalized spacial score (nSPS) is 13.5. The lowest BCUT2D eigenvalue weighted by molar-refractivity contribution is -0.139. The van der Waals surface area contributed by atoms with E-state index in [0.717, 1.165) is 49.6 Å². The average molecular weight is 495 g/mol. The van der Waals surface area contributed by atoms with Crippen LogP contribution in [0.4, 0.5) is 8.78 Å². The van der Waals surface area contributed by atoms with Crippen molar-refractivity contribution in [3.05, 3.63) is 94.3 Å². The van der Waals surface area contributed by atoms with Gasteiger partial charge in [-0.05, 0) is 80.0 Å². The minimum atomic E-state index is -1.35. The number of rotatable bonds is 10. The summed E-state index contributed by atoms with van der Waals surface area (Å²) >= 11 is 0. The van der Waals surface area contributed by atoms with Gasteiger partial charge in [0.1, 0.15) is 29.0 Å². The van der Waals surface area contributed by atoms with E-state index in [4.69, 9.17) is 9.72 Å². The Bertz CT molecular complexity index is 1210. The van der Waals surface area contributed by atoms with Crippen molar-refractivity contribution in [3.63, 3.8) is 0 Å². The zero-order valence-electron chi connectivity index (χ0n) is 19.8. The van der Waals surface area contributed by atoms with E-state index < -0.39 is 35.1 Å². The zero-order valence-corrected chi connectivity index (χ0v) is 19.8. The standard InChI is InChI=1S/C28H28F2N2O4/c29-22-7-3-8-23(30)26(22)27(33)32-25(28(34)35)17-18-10-14-21(15-11-18)36-16-4-6-20-13-12-19-5-1-2-9-24(19)31-20/h3,7-8,10-15,25H,1-2,4-6,9,16-17H2,(H,32,33)(H,34,35). The number of nitrogens with zero attached hydrogens (tertiary/aromatic N) is 1. The first kappa shape index (κ1) is 25.3. The Labute approximate surface area is 208 Å². The molecule has 2 aromatic carbocycles. The lowest BCUT2D eigenvalue weighted by Crippen LogP contribution is -2.42. The summed E-state index contributed by atoms with van der Waals surface area (Å²) in [6.45, 7) is 0.514. The molecule has 0 fully saturated rings. The van der Waals surface area contributed by atoms with E-state index in [1.807, 2.05) is 0 Å². The molecule has 1 heterocycles. The van der Waals surface area contributed by atoms with Gasteiger partial charge in [-0.25, -0.2) is 13.6 Å². The number of fused-ring (bicyclic) bond motifs is 1. The summed E-state index contributed by atoms with van der Waals surface area (Å²) in [7, 11) is 0. The van der Waals surface area contributed by atoms with E-state index >= 15 is 0 Å². The van der Waals surface area contributed by atoms with Crippen LogP contribution in [0.5, 0.6) is 5.75 Å². The molecule has 1 unspecified atom stereocenters. The second kappa shape index (κ2) is 11.7. The number of ether oxygens (including phenoxy) is 1. The predicted octanol–water partition coefficient (Wildman–Crippen LogP) is 4.68. The number of hydrogen-bond donors (Lipinski definition) is 2. The summed E-state index contributed by atoms with van der Waals surface area (Å²) in [5.74, 6) is -3.90. The highest BCUT2D eigenvalue weighted by Gasteiger charge is 2.24. The average Bonchev–Trinajstić information content (AvgIpc) is 2.87. The third-order valence-corrected chi connectivity index (χ3v) is 6.24. The number of hydrogen-bond acceptors (Lipinski definition) is 4. The van der Waals surface area contributed by atoms with Gasteiger partial charge in [0, 0.05) is 17.8 Å². The largest absolute Gasteiger partial charge is 0.494 e. The Morgan fingerprint density at radius 2 is 1.72 bits per heavy atom. The van der Waals surface area contributed by atoms with E-state index in [0.29, 0.717) is 17.9 Å². The highest BCUT2D eigenvalue weighted by molar-refractivity contribution is 5.97. The van der Waals surface area contributed by atoms with E-state index in [-0.39, 0.29) is 6.42 Å². The number of carboxylic acids is 1. The number of amides is 1. The molecule has 0 saturated heterocycles. The van der Waals surface area contributed by atoms with Crippen LogP contribution in [0.15, 0.2) is 54.6 Å². The molecule has 0 spiro atoms. The first-order chi connectivity index (χ1) is 17.4. The van der Waals surface area contributed by atoms with Crippen LogP contribution in [0, 0.1) is 11.6 Å². The van der Waals surface area contributed by atoms with Gasteiger partial charge in [0.2, 0.25) is 0 Å². The molecule has 3 aromatic rings. The number of nitrogens with one attached hydrogen (secondary N) is 1. The van der Waals surface area contributed by atoms with E-state index in [2.05, 4.69) is 17.4 Å². The topological polar surface area (TPSA) is 88.5 Å². The van der Waals surface area contributed by atoms with Crippen molar-refractivity contribution in [2.75, 3.05) is 6.61 Å². The Balaban J connectivity index is 1.27. The summed E-state index contributed by atoms with van der Waals surface area (Å²) in [6.07, 6.45) is 6.19. The van der Waals surface area contributed by atoms with Crippen molar-refractivity contribution < 1.29 is 28.2 Å². The molecule has 1 atom stereocenters. The summed E-state index contributed by atoms with van der Waals surface area (Å²) in [6, 6.07) is 12.8. The van der Waals surface area contributed by atoms with Gasteiger partial charge >= 0.3 is 5.97 Å². The molecule has 0 saturated carbocycles. The molecule has 8 heteroatoms. The number of halogens is 2. The zero-order chi connectivity index (χ0) is 25.5. The SMILES string of the molecule is O=C(NC(Cc1ccc(OCCCc2ccc3c(n2)CCCC3)cc1)C(=O)O)c1c(F)cccc1F. The smallest absolute Gasteiger partial charge is 0.326 e. The van der Waals surface area contributed by atoms with Crippen LogP contribution in [0.3, 0.4) is 0 Å². The number of pyridine rings is 1. The first-order valence-electron chi connectivity index (χ1n) is 12.1. The Morgan fingerprint density at radius 1 is 1.00 bits per heavy atom. The minimum absolute atomic E-state index is 0.0541. The van der Waals surface area contributed by atoms with E-state index in [1.54, 1.807) is 24.3 Å². The predicted molar refractivity (Wildman–Crippen MR) is 130 cm³/mol. The fourth-order valence-electron chi connectivity index (χ4n) is 4.31. The molecule has 1 aromatic heterocycles. The number of aromatic nitrogens is 1. The molecule has 4 rings (SSSR count). The van der Waals surface area contributed by atoms with Crippen molar-refractivity contribution in [2.45, 2.75) is 51.0 Å². The van der Waals surface area contributed by atoms with Crippen LogP contribution in [0.25, 0.3) is 0 Å². The lowest BCUT2D eigenvalue weighted by atomic mass is 9.95. The second-order valence-corrected chi connectivity index (χ2v) is 8.88. The van der Waals surface area contributed by atoms with Crippen molar-refractivity contribution in [1.29, 1.82) is 0 Å². The monoisotopic (exact) mass is 494 g/mol. The number of aliphatic carboxylic acids is 1. The van der Waals surface area contributed by atoms with Crippen molar-refractivity contribution >= 4 is 11.9 Å². The van der Waals surface area contributed by atoms with Gasteiger partial charge in [0.15, 0.2) is 0 Å². The first-order valence-corrected chi connectivity index (χ1v) is 12.1. The number of carboxylic acid groups (broad SMARTS) is 1. The van der Waals surface area contributed by atoms with Crippen LogP contribution in [0.2, 0.25) is 0 Å². The summed E-state index contributed by atoms with van der Waals surface area (Å²) < 4.78 is 33.5. The highest BCUT2D eigenvalue weighted by Crippen LogP contribution is 2.20. The second-order valence-electron chi connectivity index (χ2n) is 8.88. The number of benzene rings is 2. The third-order valence-electron chi connectivity index (χ3n) is 6.24. The molecule has 1 aliphatic rings. The molecule has 2 N–H and O–H groups in total. The quantitative estimate of drug-likeness (QED) is 0.400. The van der Waals surface area contributed by atoms with Gasteiger partial charge in [-0.2, -0.15) is 0 Å². The van der Waals surface area contributed by atoms with Gasteiger partial charge < -0.3 is 15.2 Å². The highest BCUT2D eigenvalue weighted by atomic mass is 19.1. The van der Waals surface area contributed by atoms with Crippen LogP contribution in [-0.4, -0.2) is 34.6 Å². The van der Waals surface area contributed by atoms with E-state index in [1.165, 1.54) is 24.1 Å². The molecule has 188 valence electrons. The van der Waals surface area contributed by atoms with Gasteiger partial charge in [-0.3, -0.25) is 9.78 Å². The molecule has 0 bridgehead atoms. The Kier molecular flexibility index (Phi) is 8.25. The molecule has 1 amide bonds. The number of carbonyl (C=O) groups is 2. The van der Waals surface area contributed by atoms with E-state index in [9.17, 15) is 23.5 Å². The molecule has 1 aliphatic carbocycles. The molecular weight excluding hydrogens is 466 g/mol. The Morgan fingerprint density at radius 3 is 2.44 bits per heavy atom. The third kappa shape index (κ3) is 6.44. The lowest BCUT2D eigenvalue weighted by Gasteiger charge is -2.16. The van der Waals surface area contributed by atoms with Crippen LogP contribution in [-0.2, 0) is 30.5 Å². The summed E-state index contributed by atoms with van der Waals surface area (Å²) in [5, 5.41) is 11.7. The van der Waals surface area contributed by atoms with Crippen molar-refractivity contribution in [2.24, 2.45) is 0 Å². The van der Waals surface area contributed by atoms with Crippen molar-refractivity contribution in [1.82, 2.24) is 10.3 Å². The van der Waals surface area contributed by atoms with Gasteiger partial charge in [-0.15, -0.1) is 0 Å². The number of aryl methyl sites for hydroxylation is 3. The number of carbonyl (C=O) groups excluding carboxylic acids is 1. The van der Waals surface area contributed by atoms with Gasteiger partial charge in [0.25, 0.3) is 5.91 Å². The maximum Gasteiger partial charge on any atom is 0.326 e. The fraction of sp³-hybridized carbons (Fsp3) is 0.321. The molecular formula is C28H28F2N2O4. The van der Waals surface area contributed by atoms with Crippen LogP contribution >= 0.6 is 0 Å². The van der Waals surface area contributed by atoms with Gasteiger partial charge in [-0.1, -0.05) is 24.3 Å². The maximum absolute atomic E-state index is 13.8. The molecule has 36 heavy (non-hydrogen) atoms.